The van der Waals surface area contributed by atoms with Gasteiger partial charge in [-0.15, -0.1) is 0 Å². The minimum atomic E-state index is -1.24. The number of amides is 3. The molecule has 1 atom stereocenters. The van der Waals surface area contributed by atoms with Gasteiger partial charge in [0.15, 0.2) is 0 Å². The van der Waals surface area contributed by atoms with E-state index in [1.165, 1.54) is 30.3 Å². The molecule has 0 aliphatic carbocycles. The second-order valence-corrected chi connectivity index (χ2v) is 5.24. The monoisotopic (exact) mass is 312 g/mol. The highest BCUT2D eigenvalue weighted by molar-refractivity contribution is 6.18. The summed E-state index contributed by atoms with van der Waals surface area (Å²) >= 11 is 0. The van der Waals surface area contributed by atoms with Crippen LogP contribution >= 0.6 is 0 Å². The molecule has 1 aliphatic rings. The Hall–Kier alpha value is -3.02. The first-order valence-electron chi connectivity index (χ1n) is 6.98. The molecular weight excluding hydrogens is 299 g/mol. The molecule has 1 unspecified atom stereocenters. The quantitative estimate of drug-likeness (QED) is 0.690. The van der Waals surface area contributed by atoms with E-state index in [0.717, 1.165) is 4.90 Å². The minimum Gasteiger partial charge on any atom is -0.369 e. The number of hydrogen-bond acceptors (Lipinski definition) is 3. The van der Waals surface area contributed by atoms with Crippen molar-refractivity contribution in [1.82, 2.24) is 4.90 Å². The number of hydrogen-bond donors (Lipinski definition) is 1. The summed E-state index contributed by atoms with van der Waals surface area (Å²) in [6.07, 6.45) is 0. The van der Waals surface area contributed by atoms with E-state index in [1.807, 2.05) is 0 Å². The molecule has 2 N–H and O–H groups in total. The molecule has 0 radical (unpaired) electrons. The van der Waals surface area contributed by atoms with Crippen molar-refractivity contribution in [3.63, 3.8) is 0 Å². The lowest BCUT2D eigenvalue weighted by Gasteiger charge is -2.31. The van der Waals surface area contributed by atoms with Crippen molar-refractivity contribution in [2.75, 3.05) is 0 Å². The van der Waals surface area contributed by atoms with Gasteiger partial charge in [0.2, 0.25) is 11.8 Å². The normalized spacial score (nSPS) is 17.1. The molecule has 5 nitrogen and oxygen atoms in total. The number of fused-ring (bicyclic) bond motifs is 1. The largest absolute Gasteiger partial charge is 0.369 e. The van der Waals surface area contributed by atoms with Gasteiger partial charge in [-0.1, -0.05) is 36.4 Å². The lowest BCUT2D eigenvalue weighted by Crippen LogP contribution is -2.48. The van der Waals surface area contributed by atoms with Crippen molar-refractivity contribution in [2.45, 2.75) is 12.5 Å². The van der Waals surface area contributed by atoms with Crippen LogP contribution in [0.4, 0.5) is 4.39 Å². The summed E-state index contributed by atoms with van der Waals surface area (Å²) in [5.41, 5.74) is 6.04. The fourth-order valence-electron chi connectivity index (χ4n) is 2.70. The molecule has 116 valence electrons. The van der Waals surface area contributed by atoms with Crippen LogP contribution in [0.15, 0.2) is 48.5 Å². The van der Waals surface area contributed by atoms with Crippen LogP contribution in [0.25, 0.3) is 0 Å². The highest BCUT2D eigenvalue weighted by Crippen LogP contribution is 2.30. The average molecular weight is 312 g/mol. The van der Waals surface area contributed by atoms with Gasteiger partial charge in [-0.2, -0.15) is 0 Å². The van der Waals surface area contributed by atoms with Crippen LogP contribution in [0.3, 0.4) is 0 Å². The lowest BCUT2D eigenvalue weighted by molar-refractivity contribution is -0.136. The Balaban J connectivity index is 2.05. The van der Waals surface area contributed by atoms with Gasteiger partial charge in [-0.3, -0.25) is 19.3 Å². The Morgan fingerprint density at radius 1 is 1.09 bits per heavy atom. The number of nitrogens with two attached hydrogens (primary N) is 1. The summed E-state index contributed by atoms with van der Waals surface area (Å²) in [5.74, 6) is -3.90. The second-order valence-electron chi connectivity index (χ2n) is 5.24. The maximum absolute atomic E-state index is 13.8. The van der Waals surface area contributed by atoms with Crippen molar-refractivity contribution in [1.29, 1.82) is 0 Å². The third-order valence-electron chi connectivity index (χ3n) is 3.83. The standard InChI is InChI=1S/C17H13FN2O3/c18-13-8-4-1-5-10(13)9-20-16(22)12-7-3-2-6-11(12)14(15(19)21)17(20)23/h1-8,14H,9H2,(H2,19,21). The van der Waals surface area contributed by atoms with E-state index in [4.69, 9.17) is 5.73 Å². The van der Waals surface area contributed by atoms with Crippen LogP contribution in [0, 0.1) is 5.82 Å². The van der Waals surface area contributed by atoms with E-state index in [2.05, 4.69) is 0 Å². The van der Waals surface area contributed by atoms with E-state index < -0.39 is 29.5 Å². The zero-order valence-electron chi connectivity index (χ0n) is 12.0. The predicted molar refractivity (Wildman–Crippen MR) is 79.7 cm³/mol. The van der Waals surface area contributed by atoms with Crippen molar-refractivity contribution < 1.29 is 18.8 Å². The molecule has 0 fully saturated rings. The van der Waals surface area contributed by atoms with E-state index in [9.17, 15) is 18.8 Å². The van der Waals surface area contributed by atoms with Crippen molar-refractivity contribution in [3.05, 3.63) is 71.0 Å². The van der Waals surface area contributed by atoms with Gasteiger partial charge in [0, 0.05) is 11.1 Å². The number of nitrogens with zero attached hydrogens (tertiary/aromatic N) is 1. The molecule has 0 bridgehead atoms. The summed E-state index contributed by atoms with van der Waals surface area (Å²) in [5, 5.41) is 0. The lowest BCUT2D eigenvalue weighted by atomic mass is 9.87. The summed E-state index contributed by atoms with van der Waals surface area (Å²) in [7, 11) is 0. The van der Waals surface area contributed by atoms with E-state index in [-0.39, 0.29) is 17.7 Å². The summed E-state index contributed by atoms with van der Waals surface area (Å²) in [6.45, 7) is -0.248. The van der Waals surface area contributed by atoms with E-state index in [0.29, 0.717) is 5.56 Å². The number of carbonyl (C=O) groups excluding carboxylic acids is 3. The molecule has 3 rings (SSSR count). The topological polar surface area (TPSA) is 80.5 Å². The number of halogens is 1. The Morgan fingerprint density at radius 2 is 1.74 bits per heavy atom. The van der Waals surface area contributed by atoms with Crippen LogP contribution in [-0.4, -0.2) is 22.6 Å². The molecule has 6 heteroatoms. The Labute approximate surface area is 131 Å². The molecule has 0 spiro atoms. The first kappa shape index (κ1) is 14.9. The Morgan fingerprint density at radius 3 is 2.43 bits per heavy atom. The van der Waals surface area contributed by atoms with Gasteiger partial charge in [0.1, 0.15) is 11.7 Å². The second kappa shape index (κ2) is 5.64. The van der Waals surface area contributed by atoms with Crippen molar-refractivity contribution in [3.8, 4) is 0 Å². The number of primary amides is 1. The third-order valence-corrected chi connectivity index (χ3v) is 3.83. The van der Waals surface area contributed by atoms with Crippen LogP contribution in [0.1, 0.15) is 27.4 Å². The predicted octanol–water partition coefficient (Wildman–Crippen LogP) is 1.58. The molecule has 2 aromatic rings. The smallest absolute Gasteiger partial charge is 0.261 e. The molecular formula is C17H13FN2O3. The maximum atomic E-state index is 13.8. The highest BCUT2D eigenvalue weighted by atomic mass is 19.1. The number of benzene rings is 2. The van der Waals surface area contributed by atoms with E-state index >= 15 is 0 Å². The average Bonchev–Trinajstić information content (AvgIpc) is 2.53. The third kappa shape index (κ3) is 2.48. The van der Waals surface area contributed by atoms with Gasteiger partial charge in [-0.05, 0) is 17.7 Å². The molecule has 1 heterocycles. The van der Waals surface area contributed by atoms with Crippen LogP contribution in [0.2, 0.25) is 0 Å². The van der Waals surface area contributed by atoms with Gasteiger partial charge in [0.25, 0.3) is 5.91 Å². The SMILES string of the molecule is NC(=O)C1C(=O)N(Cc2ccccc2F)C(=O)c2ccccc21. The van der Waals surface area contributed by atoms with Crippen LogP contribution < -0.4 is 5.73 Å². The van der Waals surface area contributed by atoms with Crippen LogP contribution in [-0.2, 0) is 16.1 Å². The van der Waals surface area contributed by atoms with Gasteiger partial charge < -0.3 is 5.73 Å². The molecule has 0 saturated heterocycles. The fraction of sp³-hybridized carbons (Fsp3) is 0.118. The number of carbonyl (C=O) groups is 3. The highest BCUT2D eigenvalue weighted by Gasteiger charge is 2.41. The molecule has 0 aromatic heterocycles. The summed E-state index contributed by atoms with van der Waals surface area (Å²) < 4.78 is 13.8. The molecule has 0 saturated carbocycles. The fourth-order valence-corrected chi connectivity index (χ4v) is 2.70. The molecule has 3 amide bonds. The molecule has 2 aromatic carbocycles. The van der Waals surface area contributed by atoms with Crippen molar-refractivity contribution >= 4 is 17.7 Å². The molecule has 1 aliphatic heterocycles. The summed E-state index contributed by atoms with van der Waals surface area (Å²) in [6, 6.07) is 12.2. The first-order valence-corrected chi connectivity index (χ1v) is 6.98. The Bertz CT molecular complexity index is 819. The van der Waals surface area contributed by atoms with E-state index in [1.54, 1.807) is 18.2 Å². The zero-order valence-corrected chi connectivity index (χ0v) is 12.0. The Kier molecular flexibility index (Phi) is 3.65. The van der Waals surface area contributed by atoms with Gasteiger partial charge in [-0.25, -0.2) is 4.39 Å². The maximum Gasteiger partial charge on any atom is 0.261 e. The van der Waals surface area contributed by atoms with Crippen LogP contribution in [0.5, 0.6) is 0 Å². The van der Waals surface area contributed by atoms with Gasteiger partial charge >= 0.3 is 0 Å². The van der Waals surface area contributed by atoms with Crippen molar-refractivity contribution in [2.24, 2.45) is 5.73 Å². The minimum absolute atomic E-state index is 0.191. The number of rotatable bonds is 3. The zero-order chi connectivity index (χ0) is 16.6. The first-order chi connectivity index (χ1) is 11.0. The number of imide groups is 1. The summed E-state index contributed by atoms with van der Waals surface area (Å²) in [4.78, 5) is 37.6. The van der Waals surface area contributed by atoms with Gasteiger partial charge in [0.05, 0.1) is 6.54 Å². The molecule has 23 heavy (non-hydrogen) atoms.